The molecule has 0 spiro atoms. The summed E-state index contributed by atoms with van der Waals surface area (Å²) in [6.07, 6.45) is 2.94. The van der Waals surface area contributed by atoms with E-state index in [-0.39, 0.29) is 31.7 Å². The normalized spacial score (nSPS) is 17.8. The molecule has 9 heteroatoms. The van der Waals surface area contributed by atoms with Gasteiger partial charge in [0.1, 0.15) is 6.04 Å². The molecule has 2 heterocycles. The summed E-state index contributed by atoms with van der Waals surface area (Å²) in [5.41, 5.74) is 4.40. The van der Waals surface area contributed by atoms with Gasteiger partial charge in [-0.25, -0.2) is 8.78 Å². The van der Waals surface area contributed by atoms with Gasteiger partial charge in [0.15, 0.2) is 0 Å². The number of halogens is 2. The Kier molecular flexibility index (Phi) is 9.22. The summed E-state index contributed by atoms with van der Waals surface area (Å²) in [7, 11) is 0. The van der Waals surface area contributed by atoms with Crippen LogP contribution in [0.25, 0.3) is 11.1 Å². The number of amides is 2. The molecule has 2 N–H and O–H groups in total. The zero-order chi connectivity index (χ0) is 28.2. The highest BCUT2D eigenvalue weighted by atomic mass is 19.3. The number of aliphatic carboxylic acids is 1. The van der Waals surface area contributed by atoms with E-state index in [2.05, 4.69) is 10.3 Å². The average molecular weight is 530 g/mol. The van der Waals surface area contributed by atoms with Crippen molar-refractivity contribution < 1.29 is 28.3 Å². The van der Waals surface area contributed by atoms with Crippen molar-refractivity contribution in [1.29, 1.82) is 0 Å². The topological polar surface area (TPSA) is 99.6 Å². The Morgan fingerprint density at radius 1 is 1.21 bits per heavy atom. The van der Waals surface area contributed by atoms with Gasteiger partial charge in [0.05, 0.1) is 12.5 Å². The van der Waals surface area contributed by atoms with Crippen LogP contribution in [0.4, 0.5) is 8.78 Å². The maximum absolute atomic E-state index is 13.9. The van der Waals surface area contributed by atoms with Gasteiger partial charge in [-0.3, -0.25) is 19.4 Å². The monoisotopic (exact) mass is 529 g/mol. The lowest BCUT2D eigenvalue weighted by molar-refractivity contribution is -0.151. The quantitative estimate of drug-likeness (QED) is 0.435. The van der Waals surface area contributed by atoms with E-state index in [1.807, 2.05) is 52.0 Å². The number of carboxylic acid groups (broad SMARTS) is 1. The Balaban J connectivity index is 1.89. The van der Waals surface area contributed by atoms with E-state index >= 15 is 0 Å². The summed E-state index contributed by atoms with van der Waals surface area (Å²) in [6.45, 7) is 8.64. The van der Waals surface area contributed by atoms with Crippen molar-refractivity contribution in [3.63, 3.8) is 0 Å². The largest absolute Gasteiger partial charge is 0.481 e. The molecule has 3 atom stereocenters. The molecule has 0 aliphatic carbocycles. The Morgan fingerprint density at radius 3 is 2.42 bits per heavy atom. The first-order valence-electron chi connectivity index (χ1n) is 13.0. The molecule has 1 aliphatic heterocycles. The molecule has 0 bridgehead atoms. The number of carboxylic acids is 1. The number of hydrogen-bond donors (Lipinski definition) is 2. The van der Waals surface area contributed by atoms with Gasteiger partial charge in [0, 0.05) is 36.8 Å². The van der Waals surface area contributed by atoms with E-state index in [0.717, 1.165) is 29.2 Å². The first-order valence-corrected chi connectivity index (χ1v) is 13.0. The van der Waals surface area contributed by atoms with Crippen molar-refractivity contribution >= 4 is 17.8 Å². The van der Waals surface area contributed by atoms with Crippen molar-refractivity contribution in [3.05, 3.63) is 53.3 Å². The second kappa shape index (κ2) is 12.0. The van der Waals surface area contributed by atoms with E-state index in [4.69, 9.17) is 0 Å². The van der Waals surface area contributed by atoms with Crippen LogP contribution < -0.4 is 5.32 Å². The van der Waals surface area contributed by atoms with Gasteiger partial charge in [-0.05, 0) is 67.9 Å². The SMILES string of the molecule is Cc1cccc(C)c1-c1cncc([C@H](CC(=O)O)NC(=O)[C@H](CC(C)C)N2CCC(C(C)(F)F)CC2=O)c1. The zero-order valence-electron chi connectivity index (χ0n) is 22.6. The van der Waals surface area contributed by atoms with Gasteiger partial charge in [0.2, 0.25) is 17.7 Å². The highest BCUT2D eigenvalue weighted by Crippen LogP contribution is 2.35. The number of hydrogen-bond acceptors (Lipinski definition) is 4. The minimum atomic E-state index is -2.97. The number of nitrogens with one attached hydrogen (secondary N) is 1. The second-order valence-electron chi connectivity index (χ2n) is 10.8. The van der Waals surface area contributed by atoms with Crippen molar-refractivity contribution in [2.24, 2.45) is 11.8 Å². The van der Waals surface area contributed by atoms with E-state index in [1.165, 1.54) is 11.1 Å². The number of rotatable bonds is 10. The summed E-state index contributed by atoms with van der Waals surface area (Å²) >= 11 is 0. The molecule has 1 aromatic heterocycles. The van der Waals surface area contributed by atoms with Crippen LogP contribution in [-0.2, 0) is 14.4 Å². The van der Waals surface area contributed by atoms with Crippen molar-refractivity contribution in [3.8, 4) is 11.1 Å². The first-order chi connectivity index (χ1) is 17.8. The molecule has 1 saturated heterocycles. The third-order valence-corrected chi connectivity index (χ3v) is 7.18. The van der Waals surface area contributed by atoms with Gasteiger partial charge in [-0.15, -0.1) is 0 Å². The molecule has 1 unspecified atom stereocenters. The molecule has 0 saturated carbocycles. The fraction of sp³-hybridized carbons (Fsp3) is 0.517. The number of carbonyl (C=O) groups is 3. The number of likely N-dealkylation sites (tertiary alicyclic amines) is 1. The van der Waals surface area contributed by atoms with Gasteiger partial charge < -0.3 is 15.3 Å². The molecule has 206 valence electrons. The molecule has 3 rings (SSSR count). The van der Waals surface area contributed by atoms with Crippen LogP contribution in [0.3, 0.4) is 0 Å². The van der Waals surface area contributed by atoms with Crippen LogP contribution in [-0.4, -0.2) is 51.3 Å². The lowest BCUT2D eigenvalue weighted by Gasteiger charge is -2.39. The van der Waals surface area contributed by atoms with Crippen molar-refractivity contribution in [2.75, 3.05) is 6.54 Å². The molecule has 2 amide bonds. The fourth-order valence-electron chi connectivity index (χ4n) is 5.18. The number of alkyl halides is 2. The molecule has 2 aromatic rings. The maximum atomic E-state index is 13.9. The van der Waals surface area contributed by atoms with E-state index in [9.17, 15) is 28.3 Å². The van der Waals surface area contributed by atoms with Crippen LogP contribution >= 0.6 is 0 Å². The fourth-order valence-corrected chi connectivity index (χ4v) is 5.18. The van der Waals surface area contributed by atoms with E-state index in [0.29, 0.717) is 12.0 Å². The molecule has 38 heavy (non-hydrogen) atoms. The minimum Gasteiger partial charge on any atom is -0.481 e. The Labute approximate surface area is 222 Å². The summed E-state index contributed by atoms with van der Waals surface area (Å²) in [5, 5.41) is 12.4. The summed E-state index contributed by atoms with van der Waals surface area (Å²) in [5.74, 6) is -6.09. The lowest BCUT2D eigenvalue weighted by Crippen LogP contribution is -2.54. The number of piperidine rings is 1. The van der Waals surface area contributed by atoms with Crippen molar-refractivity contribution in [1.82, 2.24) is 15.2 Å². The van der Waals surface area contributed by atoms with E-state index in [1.54, 1.807) is 6.20 Å². The van der Waals surface area contributed by atoms with Crippen LogP contribution in [0.15, 0.2) is 36.7 Å². The van der Waals surface area contributed by atoms with Gasteiger partial charge in [0.25, 0.3) is 0 Å². The predicted octanol–water partition coefficient (Wildman–Crippen LogP) is 5.31. The van der Waals surface area contributed by atoms with Crippen LogP contribution in [0, 0.1) is 25.7 Å². The predicted molar refractivity (Wildman–Crippen MR) is 141 cm³/mol. The van der Waals surface area contributed by atoms with Gasteiger partial charge in [-0.1, -0.05) is 32.0 Å². The Bertz CT molecular complexity index is 1160. The van der Waals surface area contributed by atoms with Crippen LogP contribution in [0.1, 0.15) is 69.2 Å². The first kappa shape index (κ1) is 29.2. The average Bonchev–Trinajstić information content (AvgIpc) is 2.81. The third-order valence-electron chi connectivity index (χ3n) is 7.18. The van der Waals surface area contributed by atoms with Gasteiger partial charge >= 0.3 is 5.97 Å². The third kappa shape index (κ3) is 7.14. The number of aromatic nitrogens is 1. The molecule has 1 fully saturated rings. The standard InChI is InChI=1S/C29H37F2N3O4/c1-17(2)11-24(34-10-9-22(13-25(34)35)29(5,30)31)28(38)33-23(14-26(36)37)20-12-21(16-32-15-20)27-18(3)7-6-8-19(27)4/h6-8,12,15-17,22-24H,9-11,13-14H2,1-5H3,(H,33,38)(H,36,37)/t22?,23-,24-/m0/s1. The van der Waals surface area contributed by atoms with Crippen molar-refractivity contribution in [2.45, 2.75) is 78.3 Å². The number of pyridine rings is 1. The molecule has 0 radical (unpaired) electrons. The van der Waals surface area contributed by atoms with Gasteiger partial charge in [-0.2, -0.15) is 0 Å². The summed E-state index contributed by atoms with van der Waals surface area (Å²) in [4.78, 5) is 43.9. The number of benzene rings is 1. The maximum Gasteiger partial charge on any atom is 0.305 e. The summed E-state index contributed by atoms with van der Waals surface area (Å²) in [6, 6.07) is 5.97. The number of nitrogens with zero attached hydrogens (tertiary/aromatic N) is 2. The summed E-state index contributed by atoms with van der Waals surface area (Å²) < 4.78 is 27.7. The number of aryl methyl sites for hydroxylation is 2. The molecule has 7 nitrogen and oxygen atoms in total. The molecular formula is C29H37F2N3O4. The number of carbonyl (C=O) groups excluding carboxylic acids is 2. The molecule has 1 aliphatic rings. The molecule has 1 aromatic carbocycles. The highest BCUT2D eigenvalue weighted by Gasteiger charge is 2.43. The second-order valence-corrected chi connectivity index (χ2v) is 10.8. The Morgan fingerprint density at radius 2 is 1.87 bits per heavy atom. The lowest BCUT2D eigenvalue weighted by atomic mass is 9.88. The minimum absolute atomic E-state index is 0.0378. The Hall–Kier alpha value is -3.36. The smallest absolute Gasteiger partial charge is 0.305 e. The zero-order valence-corrected chi connectivity index (χ0v) is 22.6. The van der Waals surface area contributed by atoms with Crippen LogP contribution in [0.2, 0.25) is 0 Å². The van der Waals surface area contributed by atoms with E-state index < -0.39 is 41.7 Å². The highest BCUT2D eigenvalue weighted by molar-refractivity contribution is 5.88. The molecular weight excluding hydrogens is 492 g/mol. The van der Waals surface area contributed by atoms with Crippen LogP contribution in [0.5, 0.6) is 0 Å².